The van der Waals surface area contributed by atoms with Crippen LogP contribution in [0.5, 0.6) is 0 Å². The largest absolute Gasteiger partial charge is 0.308 e. The van der Waals surface area contributed by atoms with E-state index < -0.39 is 16.9 Å². The highest BCUT2D eigenvalue weighted by molar-refractivity contribution is 8.00. The zero-order valence-corrected chi connectivity index (χ0v) is 11.4. The fraction of sp³-hybridized carbons (Fsp3) is 0.231. The first kappa shape index (κ1) is 13.1. The lowest BCUT2D eigenvalue weighted by atomic mass is 10.0. The predicted molar refractivity (Wildman–Crippen MR) is 72.6 cm³/mol. The van der Waals surface area contributed by atoms with Crippen molar-refractivity contribution in [3.8, 4) is 0 Å². The van der Waals surface area contributed by atoms with Gasteiger partial charge in [0.05, 0.1) is 11.0 Å². The van der Waals surface area contributed by atoms with Crippen LogP contribution in [-0.4, -0.2) is 21.9 Å². The SMILES string of the molecule is Cc1[nH]nc2c1C(c1cccc(F)c1F)SCC(=O)N2. The monoisotopic (exact) mass is 295 g/mol. The number of thioether (sulfide) groups is 1. The molecule has 20 heavy (non-hydrogen) atoms. The molecule has 3 rings (SSSR count). The Kier molecular flexibility index (Phi) is 3.21. The molecule has 1 aliphatic rings. The van der Waals surface area contributed by atoms with Gasteiger partial charge in [0.15, 0.2) is 17.5 Å². The highest BCUT2D eigenvalue weighted by Crippen LogP contribution is 2.43. The number of halogens is 2. The first-order valence-electron chi connectivity index (χ1n) is 5.98. The zero-order chi connectivity index (χ0) is 14.3. The molecule has 1 amide bonds. The quantitative estimate of drug-likeness (QED) is 0.850. The maximum atomic E-state index is 14.0. The third-order valence-corrected chi connectivity index (χ3v) is 4.41. The van der Waals surface area contributed by atoms with Crippen molar-refractivity contribution >= 4 is 23.5 Å². The number of hydrogen-bond donors (Lipinski definition) is 2. The van der Waals surface area contributed by atoms with E-state index in [2.05, 4.69) is 15.5 Å². The minimum atomic E-state index is -0.894. The number of carbonyl (C=O) groups is 1. The summed E-state index contributed by atoms with van der Waals surface area (Å²) in [7, 11) is 0. The standard InChI is InChI=1S/C13H11F2N3OS/c1-6-10-12(7-3-2-4-8(14)11(7)15)20-5-9(19)16-13(10)18-17-6/h2-4,12H,5H2,1H3,(H2,16,17,18,19). The summed E-state index contributed by atoms with van der Waals surface area (Å²) in [6.45, 7) is 1.79. The zero-order valence-electron chi connectivity index (χ0n) is 10.5. The Labute approximate surface area is 118 Å². The maximum absolute atomic E-state index is 14.0. The molecule has 0 aliphatic carbocycles. The van der Waals surface area contributed by atoms with Crippen molar-refractivity contribution in [1.82, 2.24) is 10.2 Å². The number of aryl methyl sites for hydroxylation is 1. The van der Waals surface area contributed by atoms with E-state index in [4.69, 9.17) is 0 Å². The van der Waals surface area contributed by atoms with E-state index in [0.29, 0.717) is 11.4 Å². The first-order chi connectivity index (χ1) is 9.58. The number of aromatic nitrogens is 2. The van der Waals surface area contributed by atoms with Crippen LogP contribution in [0.25, 0.3) is 0 Å². The van der Waals surface area contributed by atoms with Crippen molar-refractivity contribution in [2.24, 2.45) is 0 Å². The lowest BCUT2D eigenvalue weighted by Gasteiger charge is -2.16. The molecule has 0 fully saturated rings. The molecule has 2 aromatic rings. The number of nitrogens with one attached hydrogen (secondary N) is 2. The first-order valence-corrected chi connectivity index (χ1v) is 7.03. The van der Waals surface area contributed by atoms with Gasteiger partial charge in [0.1, 0.15) is 0 Å². The molecule has 1 unspecified atom stereocenters. The smallest absolute Gasteiger partial charge is 0.235 e. The van der Waals surface area contributed by atoms with Crippen molar-refractivity contribution < 1.29 is 13.6 Å². The Hall–Kier alpha value is -1.89. The van der Waals surface area contributed by atoms with Gasteiger partial charge in [-0.25, -0.2) is 8.78 Å². The van der Waals surface area contributed by atoms with Gasteiger partial charge in [0.25, 0.3) is 0 Å². The molecule has 0 bridgehead atoms. The summed E-state index contributed by atoms with van der Waals surface area (Å²) in [4.78, 5) is 11.6. The molecule has 4 nitrogen and oxygen atoms in total. The molecule has 2 heterocycles. The van der Waals surface area contributed by atoms with E-state index in [9.17, 15) is 13.6 Å². The molecular weight excluding hydrogens is 284 g/mol. The Morgan fingerprint density at radius 1 is 1.40 bits per heavy atom. The van der Waals surface area contributed by atoms with Crippen LogP contribution in [0.3, 0.4) is 0 Å². The Balaban J connectivity index is 2.16. The number of benzene rings is 1. The van der Waals surface area contributed by atoms with Gasteiger partial charge in [-0.05, 0) is 13.0 Å². The number of fused-ring (bicyclic) bond motifs is 1. The number of carbonyl (C=O) groups excluding carboxylic acids is 1. The van der Waals surface area contributed by atoms with Gasteiger partial charge in [-0.3, -0.25) is 9.89 Å². The maximum Gasteiger partial charge on any atom is 0.235 e. The second-order valence-electron chi connectivity index (χ2n) is 4.49. The second kappa shape index (κ2) is 4.90. The molecule has 0 spiro atoms. The van der Waals surface area contributed by atoms with E-state index in [-0.39, 0.29) is 17.2 Å². The van der Waals surface area contributed by atoms with E-state index in [0.717, 1.165) is 11.8 Å². The third kappa shape index (κ3) is 2.07. The van der Waals surface area contributed by atoms with Gasteiger partial charge < -0.3 is 5.32 Å². The van der Waals surface area contributed by atoms with Crippen molar-refractivity contribution in [1.29, 1.82) is 0 Å². The summed E-state index contributed by atoms with van der Waals surface area (Å²) >= 11 is 1.25. The summed E-state index contributed by atoms with van der Waals surface area (Å²) in [5.74, 6) is -1.44. The highest BCUT2D eigenvalue weighted by atomic mass is 32.2. The summed E-state index contributed by atoms with van der Waals surface area (Å²) in [5, 5.41) is 8.96. The summed E-state index contributed by atoms with van der Waals surface area (Å²) in [6.07, 6.45) is 0. The van der Waals surface area contributed by atoms with Crippen molar-refractivity contribution in [3.05, 3.63) is 46.7 Å². The molecule has 1 aromatic carbocycles. The van der Waals surface area contributed by atoms with E-state index in [1.807, 2.05) is 0 Å². The van der Waals surface area contributed by atoms with Crippen LogP contribution in [0.1, 0.15) is 22.1 Å². The van der Waals surface area contributed by atoms with Crippen LogP contribution >= 0.6 is 11.8 Å². The fourth-order valence-corrected chi connectivity index (χ4v) is 3.44. The topological polar surface area (TPSA) is 57.8 Å². The third-order valence-electron chi connectivity index (χ3n) is 3.16. The van der Waals surface area contributed by atoms with Crippen LogP contribution in [0.4, 0.5) is 14.6 Å². The van der Waals surface area contributed by atoms with Crippen LogP contribution < -0.4 is 5.32 Å². The summed E-state index contributed by atoms with van der Waals surface area (Å²) in [5.41, 5.74) is 1.63. The van der Waals surface area contributed by atoms with Crippen molar-refractivity contribution in [2.45, 2.75) is 12.2 Å². The molecule has 1 atom stereocenters. The van der Waals surface area contributed by atoms with Crippen molar-refractivity contribution in [2.75, 3.05) is 11.1 Å². The molecule has 0 saturated heterocycles. The minimum absolute atomic E-state index is 0.163. The second-order valence-corrected chi connectivity index (χ2v) is 5.59. The molecule has 1 aromatic heterocycles. The lowest BCUT2D eigenvalue weighted by Crippen LogP contribution is -2.12. The molecule has 2 N–H and O–H groups in total. The van der Waals surface area contributed by atoms with E-state index >= 15 is 0 Å². The van der Waals surface area contributed by atoms with Gasteiger partial charge in [0, 0.05) is 16.8 Å². The molecule has 0 saturated carbocycles. The molecule has 7 heteroatoms. The van der Waals surface area contributed by atoms with E-state index in [1.54, 1.807) is 6.92 Å². The van der Waals surface area contributed by atoms with Gasteiger partial charge in [-0.1, -0.05) is 12.1 Å². The number of amides is 1. The number of H-pyrrole nitrogens is 1. The Morgan fingerprint density at radius 3 is 3.00 bits per heavy atom. The number of nitrogens with zero attached hydrogens (tertiary/aromatic N) is 1. The van der Waals surface area contributed by atoms with Crippen LogP contribution in [-0.2, 0) is 4.79 Å². The average Bonchev–Trinajstić information content (AvgIpc) is 2.68. The Bertz CT molecular complexity index is 686. The lowest BCUT2D eigenvalue weighted by molar-refractivity contribution is -0.113. The van der Waals surface area contributed by atoms with Gasteiger partial charge in [-0.2, -0.15) is 5.10 Å². The number of rotatable bonds is 1. The normalized spacial score (nSPS) is 18.4. The van der Waals surface area contributed by atoms with Gasteiger partial charge >= 0.3 is 0 Å². The highest BCUT2D eigenvalue weighted by Gasteiger charge is 2.30. The molecule has 104 valence electrons. The molecular formula is C13H11F2N3OS. The van der Waals surface area contributed by atoms with Gasteiger partial charge in [-0.15, -0.1) is 11.8 Å². The Morgan fingerprint density at radius 2 is 2.20 bits per heavy atom. The number of hydrogen-bond acceptors (Lipinski definition) is 3. The predicted octanol–water partition coefficient (Wildman–Crippen LogP) is 2.77. The minimum Gasteiger partial charge on any atom is -0.308 e. The van der Waals surface area contributed by atoms with Crippen molar-refractivity contribution in [3.63, 3.8) is 0 Å². The number of anilines is 1. The summed E-state index contributed by atoms with van der Waals surface area (Å²) in [6, 6.07) is 4.07. The summed E-state index contributed by atoms with van der Waals surface area (Å²) < 4.78 is 27.4. The fourth-order valence-electron chi connectivity index (χ4n) is 2.23. The number of aromatic amines is 1. The van der Waals surface area contributed by atoms with Crippen LogP contribution in [0.15, 0.2) is 18.2 Å². The van der Waals surface area contributed by atoms with Crippen LogP contribution in [0, 0.1) is 18.6 Å². The van der Waals surface area contributed by atoms with Gasteiger partial charge in [0.2, 0.25) is 5.91 Å². The van der Waals surface area contributed by atoms with Crippen LogP contribution in [0.2, 0.25) is 0 Å². The average molecular weight is 295 g/mol. The van der Waals surface area contributed by atoms with E-state index in [1.165, 1.54) is 23.9 Å². The molecule has 0 radical (unpaired) electrons. The molecule has 1 aliphatic heterocycles.